The summed E-state index contributed by atoms with van der Waals surface area (Å²) in [6.07, 6.45) is 4.49. The highest BCUT2D eigenvalue weighted by atomic mass is 16.7. The van der Waals surface area contributed by atoms with Crippen LogP contribution in [0.5, 0.6) is 11.5 Å². The molecule has 0 aliphatic heterocycles. The number of esters is 1. The zero-order valence-corrected chi connectivity index (χ0v) is 15.2. The van der Waals surface area contributed by atoms with Gasteiger partial charge in [0.2, 0.25) is 0 Å². The average molecular weight is 356 g/mol. The van der Waals surface area contributed by atoms with Gasteiger partial charge in [-0.3, -0.25) is 0 Å². The van der Waals surface area contributed by atoms with Crippen molar-refractivity contribution >= 4 is 12.1 Å². The van der Waals surface area contributed by atoms with E-state index >= 15 is 0 Å². The lowest BCUT2D eigenvalue weighted by Crippen LogP contribution is -2.16. The van der Waals surface area contributed by atoms with Gasteiger partial charge in [0, 0.05) is 0 Å². The molecule has 0 aromatic heterocycles. The molecule has 0 unspecified atom stereocenters. The molecular formula is C21H24O5. The van der Waals surface area contributed by atoms with Gasteiger partial charge < -0.3 is 14.2 Å². The van der Waals surface area contributed by atoms with Gasteiger partial charge in [-0.05, 0) is 36.6 Å². The number of hydrogen-bond donors (Lipinski definition) is 0. The van der Waals surface area contributed by atoms with Crippen LogP contribution in [-0.2, 0) is 11.2 Å². The second kappa shape index (κ2) is 10.2. The minimum atomic E-state index is -0.887. The van der Waals surface area contributed by atoms with Gasteiger partial charge >= 0.3 is 12.1 Å². The molecule has 0 N–H and O–H groups in total. The van der Waals surface area contributed by atoms with E-state index in [1.807, 2.05) is 12.1 Å². The first-order chi connectivity index (χ1) is 12.7. The lowest BCUT2D eigenvalue weighted by atomic mass is 10.1. The molecule has 2 rings (SSSR count). The van der Waals surface area contributed by atoms with E-state index in [0.717, 1.165) is 24.8 Å². The molecule has 2 aromatic rings. The Morgan fingerprint density at radius 1 is 0.846 bits per heavy atom. The smallest absolute Gasteiger partial charge is 0.465 e. The molecular weight excluding hydrogens is 332 g/mol. The molecule has 0 atom stereocenters. The van der Waals surface area contributed by atoms with Gasteiger partial charge in [-0.15, -0.1) is 0 Å². The van der Waals surface area contributed by atoms with Gasteiger partial charge in [0.1, 0.15) is 17.1 Å². The Labute approximate surface area is 153 Å². The molecule has 0 saturated carbocycles. The van der Waals surface area contributed by atoms with Crippen molar-refractivity contribution in [3.63, 3.8) is 0 Å². The first-order valence-electron chi connectivity index (χ1n) is 8.80. The zero-order chi connectivity index (χ0) is 18.8. The molecule has 138 valence electrons. The third-order valence-corrected chi connectivity index (χ3v) is 3.95. The predicted molar refractivity (Wildman–Crippen MR) is 98.7 cm³/mol. The molecule has 0 aliphatic carbocycles. The summed E-state index contributed by atoms with van der Waals surface area (Å²) in [4.78, 5) is 23.9. The molecule has 26 heavy (non-hydrogen) atoms. The normalized spacial score (nSPS) is 10.2. The lowest BCUT2D eigenvalue weighted by Gasteiger charge is -2.11. The number of unbranched alkanes of at least 4 members (excludes halogenated alkanes) is 3. The number of hydrogen-bond acceptors (Lipinski definition) is 5. The minimum Gasteiger partial charge on any atom is -0.465 e. The minimum absolute atomic E-state index is 0.102. The van der Waals surface area contributed by atoms with Gasteiger partial charge in [-0.1, -0.05) is 56.5 Å². The quantitative estimate of drug-likeness (QED) is 0.371. The molecule has 0 radical (unpaired) electrons. The summed E-state index contributed by atoms with van der Waals surface area (Å²) in [5.74, 6) is -0.000881. The van der Waals surface area contributed by atoms with E-state index in [1.165, 1.54) is 32.1 Å². The average Bonchev–Trinajstić information content (AvgIpc) is 2.66. The maximum atomic E-state index is 12.2. The summed E-state index contributed by atoms with van der Waals surface area (Å²) < 4.78 is 15.3. The fraction of sp³-hybridized carbons (Fsp3) is 0.333. The van der Waals surface area contributed by atoms with E-state index in [4.69, 9.17) is 9.47 Å². The molecule has 2 aromatic carbocycles. The first-order valence-corrected chi connectivity index (χ1v) is 8.80. The van der Waals surface area contributed by atoms with Gasteiger partial charge in [0.25, 0.3) is 0 Å². The van der Waals surface area contributed by atoms with Crippen molar-refractivity contribution < 1.29 is 23.8 Å². The number of methoxy groups -OCH3 is 1. The summed E-state index contributed by atoms with van der Waals surface area (Å²) in [5.41, 5.74) is 1.13. The maximum Gasteiger partial charge on any atom is 0.519 e. The molecule has 0 saturated heterocycles. The Kier molecular flexibility index (Phi) is 7.68. The van der Waals surface area contributed by atoms with Crippen molar-refractivity contribution in [2.75, 3.05) is 7.11 Å². The van der Waals surface area contributed by atoms with Crippen molar-refractivity contribution in [2.24, 2.45) is 0 Å². The third-order valence-electron chi connectivity index (χ3n) is 3.95. The van der Waals surface area contributed by atoms with E-state index < -0.39 is 12.1 Å². The summed E-state index contributed by atoms with van der Waals surface area (Å²) in [6.45, 7) is 2.17. The molecule has 0 heterocycles. The molecule has 0 amide bonds. The van der Waals surface area contributed by atoms with E-state index in [1.54, 1.807) is 24.3 Å². The van der Waals surface area contributed by atoms with Crippen molar-refractivity contribution in [3.05, 3.63) is 59.7 Å². The molecule has 0 spiro atoms. The fourth-order valence-electron chi connectivity index (χ4n) is 2.59. The van der Waals surface area contributed by atoms with E-state index in [9.17, 15) is 9.59 Å². The number of aryl methyl sites for hydroxylation is 1. The highest BCUT2D eigenvalue weighted by Gasteiger charge is 2.17. The molecule has 5 heteroatoms. The highest BCUT2D eigenvalue weighted by molar-refractivity contribution is 5.93. The second-order valence-corrected chi connectivity index (χ2v) is 5.86. The van der Waals surface area contributed by atoms with Crippen LogP contribution < -0.4 is 9.47 Å². The summed E-state index contributed by atoms with van der Waals surface area (Å²) in [5, 5.41) is 0. The Morgan fingerprint density at radius 3 is 2.23 bits per heavy atom. The Morgan fingerprint density at radius 2 is 1.50 bits per heavy atom. The van der Waals surface area contributed by atoms with Crippen LogP contribution in [0.2, 0.25) is 0 Å². The van der Waals surface area contributed by atoms with Gasteiger partial charge in [-0.25, -0.2) is 9.59 Å². The van der Waals surface area contributed by atoms with Crippen molar-refractivity contribution in [1.82, 2.24) is 0 Å². The lowest BCUT2D eigenvalue weighted by molar-refractivity contribution is 0.0597. The summed E-state index contributed by atoms with van der Waals surface area (Å²) >= 11 is 0. The number of carbonyl (C=O) groups is 2. The Hall–Kier alpha value is -2.82. The van der Waals surface area contributed by atoms with Crippen LogP contribution in [0.4, 0.5) is 4.79 Å². The maximum absolute atomic E-state index is 12.2. The van der Waals surface area contributed by atoms with Crippen LogP contribution in [0.15, 0.2) is 48.5 Å². The Bertz CT molecular complexity index is 739. The number of ether oxygens (including phenoxy) is 3. The van der Waals surface area contributed by atoms with Gasteiger partial charge in [0.05, 0.1) is 7.11 Å². The largest absolute Gasteiger partial charge is 0.519 e. The van der Waals surface area contributed by atoms with Crippen LogP contribution in [0.25, 0.3) is 0 Å². The summed E-state index contributed by atoms with van der Waals surface area (Å²) in [7, 11) is 1.27. The van der Waals surface area contributed by atoms with Gasteiger partial charge in [0.15, 0.2) is 0 Å². The van der Waals surface area contributed by atoms with Crippen LogP contribution in [-0.4, -0.2) is 19.2 Å². The fourth-order valence-corrected chi connectivity index (χ4v) is 2.59. The van der Waals surface area contributed by atoms with E-state index in [-0.39, 0.29) is 11.3 Å². The van der Waals surface area contributed by atoms with Gasteiger partial charge in [-0.2, -0.15) is 0 Å². The Balaban J connectivity index is 2.04. The SMILES string of the molecule is CCCCCCc1ccccc1OC(=O)Oc1ccccc1C(=O)OC. The van der Waals surface area contributed by atoms with Crippen molar-refractivity contribution in [3.8, 4) is 11.5 Å². The van der Waals surface area contributed by atoms with Crippen LogP contribution in [0.3, 0.4) is 0 Å². The zero-order valence-electron chi connectivity index (χ0n) is 15.2. The predicted octanol–water partition coefficient (Wildman–Crippen LogP) is 5.17. The summed E-state index contributed by atoms with van der Waals surface area (Å²) in [6, 6.07) is 13.8. The number of rotatable bonds is 8. The van der Waals surface area contributed by atoms with E-state index in [0.29, 0.717) is 5.75 Å². The van der Waals surface area contributed by atoms with Crippen molar-refractivity contribution in [1.29, 1.82) is 0 Å². The van der Waals surface area contributed by atoms with Crippen LogP contribution in [0.1, 0.15) is 48.5 Å². The molecule has 0 fully saturated rings. The van der Waals surface area contributed by atoms with Crippen LogP contribution in [0, 0.1) is 0 Å². The van der Waals surface area contributed by atoms with Crippen molar-refractivity contribution in [2.45, 2.75) is 39.0 Å². The molecule has 0 bridgehead atoms. The number of benzene rings is 2. The van der Waals surface area contributed by atoms with E-state index in [2.05, 4.69) is 11.7 Å². The number of carbonyl (C=O) groups excluding carboxylic acids is 2. The molecule has 5 nitrogen and oxygen atoms in total. The number of para-hydroxylation sites is 2. The standard InChI is InChI=1S/C21H24O5/c1-3-4-5-6-11-16-12-7-9-14-18(16)25-21(23)26-19-15-10-8-13-17(19)20(22)24-2/h7-10,12-15H,3-6,11H2,1-2H3. The topological polar surface area (TPSA) is 61.8 Å². The van der Waals surface area contributed by atoms with Crippen LogP contribution >= 0.6 is 0 Å². The highest BCUT2D eigenvalue weighted by Crippen LogP contribution is 2.23. The molecule has 0 aliphatic rings. The first kappa shape index (κ1) is 19.5. The monoisotopic (exact) mass is 356 g/mol. The second-order valence-electron chi connectivity index (χ2n) is 5.86. The third kappa shape index (κ3) is 5.62.